The highest BCUT2D eigenvalue weighted by molar-refractivity contribution is 7.09. The van der Waals surface area contributed by atoms with Gasteiger partial charge in [0, 0.05) is 24.5 Å². The lowest BCUT2D eigenvalue weighted by atomic mass is 10.2. The molecule has 0 radical (unpaired) electrons. The predicted molar refractivity (Wildman–Crippen MR) is 75.3 cm³/mol. The van der Waals surface area contributed by atoms with Crippen LogP contribution in [0.5, 0.6) is 0 Å². The first kappa shape index (κ1) is 12.6. The first-order valence-corrected chi connectivity index (χ1v) is 6.86. The van der Waals surface area contributed by atoms with Crippen molar-refractivity contribution < 1.29 is 14.3 Å². The molecule has 2 aromatic heterocycles. The minimum Gasteiger partial charge on any atom is -0.478 e. The van der Waals surface area contributed by atoms with Gasteiger partial charge in [-0.2, -0.15) is 4.98 Å². The topological polar surface area (TPSA) is 88.2 Å². The van der Waals surface area contributed by atoms with E-state index in [4.69, 9.17) is 9.52 Å². The van der Waals surface area contributed by atoms with Crippen LogP contribution < -0.4 is 5.32 Å². The maximum atomic E-state index is 10.9. The second-order valence-corrected chi connectivity index (χ2v) is 5.09. The highest BCUT2D eigenvalue weighted by atomic mass is 32.1. The van der Waals surface area contributed by atoms with E-state index in [1.165, 1.54) is 12.1 Å². The highest BCUT2D eigenvalue weighted by Gasteiger charge is 2.09. The molecule has 0 fully saturated rings. The minimum absolute atomic E-state index is 0.183. The van der Waals surface area contributed by atoms with Crippen LogP contribution in [0.1, 0.15) is 15.4 Å². The third-order valence-corrected chi connectivity index (χ3v) is 3.57. The summed E-state index contributed by atoms with van der Waals surface area (Å²) in [5.41, 5.74) is 1.27. The molecule has 2 N–H and O–H groups in total. The second kappa shape index (κ2) is 5.30. The fourth-order valence-corrected chi connectivity index (χ4v) is 2.41. The van der Waals surface area contributed by atoms with Crippen molar-refractivity contribution in [1.29, 1.82) is 0 Å². The van der Waals surface area contributed by atoms with Gasteiger partial charge in [0.2, 0.25) is 0 Å². The summed E-state index contributed by atoms with van der Waals surface area (Å²) >= 11 is 1.60. The summed E-state index contributed by atoms with van der Waals surface area (Å²) in [5, 5.41) is 15.0. The molecule has 20 heavy (non-hydrogen) atoms. The number of aromatic carboxylic acids is 1. The molecule has 6 nitrogen and oxygen atoms in total. The number of anilines is 1. The molecule has 0 unspecified atom stereocenters. The molecule has 0 aliphatic carbocycles. The second-order valence-electron chi connectivity index (χ2n) is 4.11. The van der Waals surface area contributed by atoms with Crippen molar-refractivity contribution in [2.75, 3.05) is 11.9 Å². The van der Waals surface area contributed by atoms with Gasteiger partial charge in [0.25, 0.3) is 6.01 Å². The molecule has 0 amide bonds. The molecule has 1 aromatic carbocycles. The Kier molecular flexibility index (Phi) is 3.34. The number of carboxylic acids is 1. The molecule has 0 spiro atoms. The number of aromatic nitrogens is 2. The molecule has 0 atom stereocenters. The molecule has 0 saturated carbocycles. The van der Waals surface area contributed by atoms with Crippen molar-refractivity contribution in [3.05, 3.63) is 40.3 Å². The summed E-state index contributed by atoms with van der Waals surface area (Å²) in [5.74, 6) is -0.985. The highest BCUT2D eigenvalue weighted by Crippen LogP contribution is 2.20. The number of hydrogen-bond acceptors (Lipinski definition) is 6. The number of nitrogens with one attached hydrogen (secondary N) is 1. The first-order valence-electron chi connectivity index (χ1n) is 5.98. The Morgan fingerprint density at radius 1 is 1.45 bits per heavy atom. The Morgan fingerprint density at radius 2 is 2.35 bits per heavy atom. The van der Waals surface area contributed by atoms with Gasteiger partial charge >= 0.3 is 5.97 Å². The van der Waals surface area contributed by atoms with Gasteiger partial charge in [-0.25, -0.2) is 9.78 Å². The van der Waals surface area contributed by atoms with Gasteiger partial charge in [-0.1, -0.05) is 0 Å². The van der Waals surface area contributed by atoms with E-state index in [9.17, 15) is 4.79 Å². The third-order valence-electron chi connectivity index (χ3n) is 2.73. The van der Waals surface area contributed by atoms with E-state index >= 15 is 0 Å². The number of thiazole rings is 1. The predicted octanol–water partition coefficient (Wildman–Crippen LogP) is 2.64. The fraction of sp³-hybridized carbons (Fsp3) is 0.154. The standard InChI is InChI=1S/C13H11N3O3S/c17-12(18)8-1-2-9-10(7-8)19-13(16-9)15-4-3-11-14-5-6-20-11/h1-2,5-7H,3-4H2,(H,15,16)(H,17,18). The fourth-order valence-electron chi connectivity index (χ4n) is 1.79. The van der Waals surface area contributed by atoms with E-state index in [1.807, 2.05) is 5.38 Å². The zero-order chi connectivity index (χ0) is 13.9. The summed E-state index contributed by atoms with van der Waals surface area (Å²) in [6.07, 6.45) is 2.56. The van der Waals surface area contributed by atoms with Crippen LogP contribution in [0, 0.1) is 0 Å². The van der Waals surface area contributed by atoms with Crippen molar-refractivity contribution in [3.63, 3.8) is 0 Å². The minimum atomic E-state index is -0.985. The molecular formula is C13H11N3O3S. The molecule has 3 rings (SSSR count). The van der Waals surface area contributed by atoms with Crippen LogP contribution in [0.2, 0.25) is 0 Å². The average molecular weight is 289 g/mol. The molecule has 102 valence electrons. The van der Waals surface area contributed by atoms with Gasteiger partial charge in [0.15, 0.2) is 5.58 Å². The quantitative estimate of drug-likeness (QED) is 0.750. The van der Waals surface area contributed by atoms with E-state index < -0.39 is 5.97 Å². The summed E-state index contributed by atoms with van der Waals surface area (Å²) in [6.45, 7) is 0.659. The normalized spacial score (nSPS) is 10.8. The number of hydrogen-bond donors (Lipinski definition) is 2. The van der Waals surface area contributed by atoms with Crippen LogP contribution in [-0.2, 0) is 6.42 Å². The molecule has 0 saturated heterocycles. The van der Waals surface area contributed by atoms with Crippen molar-refractivity contribution in [1.82, 2.24) is 9.97 Å². The van der Waals surface area contributed by atoms with Crippen LogP contribution in [-0.4, -0.2) is 27.6 Å². The average Bonchev–Trinajstić information content (AvgIpc) is 3.06. The Balaban J connectivity index is 1.70. The number of oxazole rings is 1. The summed E-state index contributed by atoms with van der Waals surface area (Å²) in [4.78, 5) is 19.3. The van der Waals surface area contributed by atoms with Gasteiger partial charge in [0.05, 0.1) is 10.6 Å². The third kappa shape index (κ3) is 2.62. The van der Waals surface area contributed by atoms with Crippen molar-refractivity contribution >= 4 is 34.4 Å². The van der Waals surface area contributed by atoms with Gasteiger partial charge in [-0.05, 0) is 18.2 Å². The molecule has 0 aliphatic rings. The van der Waals surface area contributed by atoms with E-state index in [2.05, 4.69) is 15.3 Å². The molecule has 2 heterocycles. The lowest BCUT2D eigenvalue weighted by molar-refractivity contribution is 0.0697. The number of carbonyl (C=O) groups is 1. The summed E-state index contributed by atoms with van der Waals surface area (Å²) in [7, 11) is 0. The first-order chi connectivity index (χ1) is 9.72. The van der Waals surface area contributed by atoms with Crippen LogP contribution in [0.4, 0.5) is 6.01 Å². The lowest BCUT2D eigenvalue weighted by Crippen LogP contribution is -2.04. The number of rotatable bonds is 5. The Labute approximate surface area is 118 Å². The van der Waals surface area contributed by atoms with Crippen molar-refractivity contribution in [3.8, 4) is 0 Å². The van der Waals surface area contributed by atoms with E-state index in [1.54, 1.807) is 23.6 Å². The number of nitrogens with zero attached hydrogens (tertiary/aromatic N) is 2. The maximum absolute atomic E-state index is 10.9. The van der Waals surface area contributed by atoms with Gasteiger partial charge < -0.3 is 14.8 Å². The summed E-state index contributed by atoms with van der Waals surface area (Å²) in [6, 6.07) is 5.00. The van der Waals surface area contributed by atoms with E-state index in [-0.39, 0.29) is 5.56 Å². The van der Waals surface area contributed by atoms with Gasteiger partial charge in [-0.15, -0.1) is 11.3 Å². The van der Waals surface area contributed by atoms with E-state index in [0.29, 0.717) is 23.7 Å². The Morgan fingerprint density at radius 3 is 3.10 bits per heavy atom. The zero-order valence-electron chi connectivity index (χ0n) is 10.4. The molecular weight excluding hydrogens is 278 g/mol. The Hall–Kier alpha value is -2.41. The molecule has 0 aliphatic heterocycles. The van der Waals surface area contributed by atoms with Crippen molar-refractivity contribution in [2.24, 2.45) is 0 Å². The SMILES string of the molecule is O=C(O)c1ccc2nc(NCCc3nccs3)oc2c1. The van der Waals surface area contributed by atoms with Crippen LogP contribution in [0.3, 0.4) is 0 Å². The number of benzene rings is 1. The van der Waals surface area contributed by atoms with Crippen LogP contribution >= 0.6 is 11.3 Å². The molecule has 3 aromatic rings. The Bertz CT molecular complexity index is 736. The molecule has 7 heteroatoms. The summed E-state index contributed by atoms with van der Waals surface area (Å²) < 4.78 is 5.48. The van der Waals surface area contributed by atoms with Crippen molar-refractivity contribution in [2.45, 2.75) is 6.42 Å². The van der Waals surface area contributed by atoms with E-state index in [0.717, 1.165) is 11.4 Å². The van der Waals surface area contributed by atoms with Crippen LogP contribution in [0.15, 0.2) is 34.2 Å². The molecule has 0 bridgehead atoms. The maximum Gasteiger partial charge on any atom is 0.335 e. The van der Waals surface area contributed by atoms with Crippen LogP contribution in [0.25, 0.3) is 11.1 Å². The smallest absolute Gasteiger partial charge is 0.335 e. The monoisotopic (exact) mass is 289 g/mol. The van der Waals surface area contributed by atoms with Gasteiger partial charge in [0.1, 0.15) is 5.52 Å². The lowest BCUT2D eigenvalue weighted by Gasteiger charge is -1.98. The number of carboxylic acid groups (broad SMARTS) is 1. The van der Waals surface area contributed by atoms with Gasteiger partial charge in [-0.3, -0.25) is 0 Å². The number of fused-ring (bicyclic) bond motifs is 1. The zero-order valence-corrected chi connectivity index (χ0v) is 11.2. The largest absolute Gasteiger partial charge is 0.478 e.